The minimum absolute atomic E-state index is 0.253. The van der Waals surface area contributed by atoms with E-state index in [4.69, 9.17) is 5.73 Å². The predicted molar refractivity (Wildman–Crippen MR) is 102 cm³/mol. The van der Waals surface area contributed by atoms with Gasteiger partial charge in [0.2, 0.25) is 5.95 Å². The van der Waals surface area contributed by atoms with Crippen molar-refractivity contribution in [1.82, 2.24) is 24.6 Å². The van der Waals surface area contributed by atoms with Crippen molar-refractivity contribution in [3.8, 4) is 0 Å². The highest BCUT2D eigenvalue weighted by Crippen LogP contribution is 2.25. The largest absolute Gasteiger partial charge is 0.371 e. The van der Waals surface area contributed by atoms with Gasteiger partial charge in [-0.1, -0.05) is 18.2 Å². The number of anilines is 2. The van der Waals surface area contributed by atoms with Gasteiger partial charge in [0.1, 0.15) is 11.0 Å². The fourth-order valence-corrected chi connectivity index (χ4v) is 3.10. The molecule has 0 fully saturated rings. The third-order valence-corrected chi connectivity index (χ3v) is 4.24. The van der Waals surface area contributed by atoms with E-state index in [9.17, 15) is 0 Å². The maximum Gasteiger partial charge on any atom is 0.222 e. The molecule has 0 atom stereocenters. The minimum Gasteiger partial charge on any atom is -0.371 e. The minimum atomic E-state index is 0.253. The summed E-state index contributed by atoms with van der Waals surface area (Å²) in [6.45, 7) is 5.68. The van der Waals surface area contributed by atoms with Gasteiger partial charge >= 0.3 is 0 Å². The second-order valence-corrected chi connectivity index (χ2v) is 6.62. The van der Waals surface area contributed by atoms with Gasteiger partial charge in [-0.2, -0.15) is 10.1 Å². The number of aromatic nitrogens is 4. The van der Waals surface area contributed by atoms with Gasteiger partial charge in [0.25, 0.3) is 0 Å². The van der Waals surface area contributed by atoms with Crippen LogP contribution in [0.25, 0.3) is 11.0 Å². The Morgan fingerprint density at radius 2 is 1.96 bits per heavy atom. The highest BCUT2D eigenvalue weighted by molar-refractivity contribution is 5.88. The lowest BCUT2D eigenvalue weighted by molar-refractivity contribution is 0.402. The first-order valence-corrected chi connectivity index (χ1v) is 8.30. The summed E-state index contributed by atoms with van der Waals surface area (Å²) in [6, 6.07) is 6.59. The van der Waals surface area contributed by atoms with Crippen molar-refractivity contribution in [2.45, 2.75) is 26.9 Å². The molecule has 0 saturated heterocycles. The van der Waals surface area contributed by atoms with E-state index in [0.717, 1.165) is 23.3 Å². The Kier molecular flexibility index (Phi) is 4.59. The average molecular weight is 339 g/mol. The number of hydrogen-bond acceptors (Lipinski definition) is 6. The van der Waals surface area contributed by atoms with E-state index in [1.807, 2.05) is 18.7 Å². The van der Waals surface area contributed by atoms with E-state index in [-0.39, 0.29) is 5.95 Å². The van der Waals surface area contributed by atoms with Crippen molar-refractivity contribution in [3.05, 3.63) is 40.6 Å². The first-order chi connectivity index (χ1) is 11.9. The van der Waals surface area contributed by atoms with Crippen LogP contribution in [-0.2, 0) is 13.1 Å². The summed E-state index contributed by atoms with van der Waals surface area (Å²) in [6.07, 6.45) is 0. The second kappa shape index (κ2) is 6.68. The third-order valence-electron chi connectivity index (χ3n) is 4.24. The molecule has 1 aromatic carbocycles. The van der Waals surface area contributed by atoms with Crippen LogP contribution in [0.4, 0.5) is 11.8 Å². The molecule has 3 N–H and O–H groups in total. The topological polar surface area (TPSA) is 84.9 Å². The summed E-state index contributed by atoms with van der Waals surface area (Å²) >= 11 is 0. The van der Waals surface area contributed by atoms with Crippen molar-refractivity contribution in [2.24, 2.45) is 0 Å². The Balaban J connectivity index is 2.01. The number of aryl methyl sites for hydroxylation is 2. The SMILES string of the molecule is CNc1nc(N)nc2c(C)nn(Cc3ccc(CN(C)C)cc3C)c12. The third kappa shape index (κ3) is 3.41. The highest BCUT2D eigenvalue weighted by atomic mass is 15.3. The molecule has 0 aliphatic rings. The fraction of sp³-hybridized carbons (Fsp3) is 0.389. The molecule has 0 amide bonds. The number of benzene rings is 1. The Morgan fingerprint density at radius 3 is 2.60 bits per heavy atom. The monoisotopic (exact) mass is 339 g/mol. The molecule has 0 aliphatic heterocycles. The molecule has 7 heteroatoms. The summed E-state index contributed by atoms with van der Waals surface area (Å²) < 4.78 is 1.95. The number of hydrogen-bond donors (Lipinski definition) is 2. The molecule has 132 valence electrons. The number of nitrogens with two attached hydrogens (primary N) is 1. The number of fused-ring (bicyclic) bond motifs is 1. The lowest BCUT2D eigenvalue weighted by Crippen LogP contribution is -2.11. The van der Waals surface area contributed by atoms with Gasteiger partial charge < -0.3 is 16.0 Å². The number of rotatable bonds is 5. The van der Waals surface area contributed by atoms with Crippen molar-refractivity contribution < 1.29 is 0 Å². The molecule has 3 aromatic rings. The molecule has 2 aromatic heterocycles. The van der Waals surface area contributed by atoms with Crippen LogP contribution in [0.15, 0.2) is 18.2 Å². The summed E-state index contributed by atoms with van der Waals surface area (Å²) in [5.41, 5.74) is 12.1. The van der Waals surface area contributed by atoms with Crippen LogP contribution in [0.5, 0.6) is 0 Å². The zero-order valence-electron chi connectivity index (χ0n) is 15.5. The first kappa shape index (κ1) is 17.2. The normalized spacial score (nSPS) is 11.4. The quantitative estimate of drug-likeness (QED) is 0.741. The van der Waals surface area contributed by atoms with E-state index in [2.05, 4.69) is 64.5 Å². The van der Waals surface area contributed by atoms with E-state index in [1.165, 1.54) is 16.7 Å². The zero-order valence-corrected chi connectivity index (χ0v) is 15.5. The van der Waals surface area contributed by atoms with E-state index in [0.29, 0.717) is 12.4 Å². The van der Waals surface area contributed by atoms with Gasteiger partial charge in [-0.3, -0.25) is 4.68 Å². The molecule has 0 saturated carbocycles. The molecule has 0 bridgehead atoms. The van der Waals surface area contributed by atoms with E-state index < -0.39 is 0 Å². The van der Waals surface area contributed by atoms with Crippen molar-refractivity contribution in [2.75, 3.05) is 32.2 Å². The zero-order chi connectivity index (χ0) is 18.1. The number of nitrogen functional groups attached to an aromatic ring is 1. The average Bonchev–Trinajstić information content (AvgIpc) is 2.85. The standard InChI is InChI=1S/C18H25N7/c1-11-8-13(9-24(4)5)6-7-14(11)10-25-16-15(12(2)23-25)21-18(19)22-17(16)20-3/h6-8H,9-10H2,1-5H3,(H3,19,20,21,22). The summed E-state index contributed by atoms with van der Waals surface area (Å²) in [5, 5.41) is 7.76. The Bertz CT molecular complexity index is 911. The number of nitrogens with zero attached hydrogens (tertiary/aromatic N) is 5. The van der Waals surface area contributed by atoms with Gasteiger partial charge in [-0.25, -0.2) is 4.98 Å². The Morgan fingerprint density at radius 1 is 1.20 bits per heavy atom. The van der Waals surface area contributed by atoms with Crippen LogP contribution in [0, 0.1) is 13.8 Å². The van der Waals surface area contributed by atoms with Crippen LogP contribution < -0.4 is 11.1 Å². The molecule has 7 nitrogen and oxygen atoms in total. The molecule has 0 aliphatic carbocycles. The first-order valence-electron chi connectivity index (χ1n) is 8.30. The maximum atomic E-state index is 5.81. The lowest BCUT2D eigenvalue weighted by Gasteiger charge is -2.13. The van der Waals surface area contributed by atoms with E-state index >= 15 is 0 Å². The van der Waals surface area contributed by atoms with Crippen LogP contribution in [0.3, 0.4) is 0 Å². The van der Waals surface area contributed by atoms with Gasteiger partial charge in [0.05, 0.1) is 12.2 Å². The summed E-state index contributed by atoms with van der Waals surface area (Å²) in [5.74, 6) is 0.952. The Hall–Kier alpha value is -2.67. The highest BCUT2D eigenvalue weighted by Gasteiger charge is 2.16. The number of nitrogens with one attached hydrogen (secondary N) is 1. The van der Waals surface area contributed by atoms with Gasteiger partial charge in [-0.15, -0.1) is 0 Å². The fourth-order valence-electron chi connectivity index (χ4n) is 3.10. The lowest BCUT2D eigenvalue weighted by atomic mass is 10.0. The predicted octanol–water partition coefficient (Wildman–Crippen LogP) is 2.18. The van der Waals surface area contributed by atoms with Gasteiger partial charge in [0, 0.05) is 13.6 Å². The molecule has 0 spiro atoms. The molecule has 25 heavy (non-hydrogen) atoms. The van der Waals surface area contributed by atoms with Crippen molar-refractivity contribution in [1.29, 1.82) is 0 Å². The summed E-state index contributed by atoms with van der Waals surface area (Å²) in [7, 11) is 5.98. The molecule has 3 rings (SSSR count). The molecular weight excluding hydrogens is 314 g/mol. The molecule has 0 unspecified atom stereocenters. The van der Waals surface area contributed by atoms with Crippen LogP contribution >= 0.6 is 0 Å². The van der Waals surface area contributed by atoms with Crippen LogP contribution in [-0.4, -0.2) is 45.8 Å². The summed E-state index contributed by atoms with van der Waals surface area (Å²) in [4.78, 5) is 10.8. The van der Waals surface area contributed by atoms with E-state index in [1.54, 1.807) is 0 Å². The van der Waals surface area contributed by atoms with Crippen LogP contribution in [0.2, 0.25) is 0 Å². The van der Waals surface area contributed by atoms with Crippen LogP contribution in [0.1, 0.15) is 22.4 Å². The molecular formula is C18H25N7. The van der Waals surface area contributed by atoms with Crippen molar-refractivity contribution >= 4 is 22.8 Å². The second-order valence-electron chi connectivity index (χ2n) is 6.62. The Labute approximate surface area is 147 Å². The maximum absolute atomic E-state index is 5.81. The van der Waals surface area contributed by atoms with Crippen molar-refractivity contribution in [3.63, 3.8) is 0 Å². The molecule has 2 heterocycles. The molecule has 0 radical (unpaired) electrons. The smallest absolute Gasteiger partial charge is 0.222 e. The van der Waals surface area contributed by atoms with Gasteiger partial charge in [0.15, 0.2) is 5.82 Å². The van der Waals surface area contributed by atoms with Gasteiger partial charge in [-0.05, 0) is 44.6 Å².